The maximum absolute atomic E-state index is 5.59. The van der Waals surface area contributed by atoms with E-state index in [1.165, 1.54) is 0 Å². The van der Waals surface area contributed by atoms with Gasteiger partial charge in [0.15, 0.2) is 0 Å². The maximum Gasteiger partial charge on any atom is 0.137 e. The topological polar surface area (TPSA) is 49.8 Å². The summed E-state index contributed by atoms with van der Waals surface area (Å²) in [6.07, 6.45) is 4.17. The van der Waals surface area contributed by atoms with Crippen molar-refractivity contribution in [1.82, 2.24) is 19.2 Å². The Morgan fingerprint density at radius 2 is 1.89 bits per heavy atom. The van der Waals surface area contributed by atoms with E-state index in [2.05, 4.69) is 25.4 Å². The Labute approximate surface area is 113 Å². The minimum Gasteiger partial charge on any atom is -0.329 e. The number of aromatic nitrogens is 2. The molecule has 5 nitrogen and oxygen atoms in total. The normalized spacial score (nSPS) is 18.2. The van der Waals surface area contributed by atoms with Crippen molar-refractivity contribution in [3.63, 3.8) is 0 Å². The Morgan fingerprint density at radius 3 is 2.63 bits per heavy atom. The molecule has 3 rings (SSSR count). The molecule has 2 aromatic rings. The molecule has 0 saturated carbocycles. The van der Waals surface area contributed by atoms with Crippen molar-refractivity contribution in [2.45, 2.75) is 6.54 Å². The number of hydrogen-bond acceptors (Lipinski definition) is 4. The number of fused-ring (bicyclic) bond motifs is 1. The molecule has 0 aliphatic carbocycles. The first-order valence-corrected chi connectivity index (χ1v) is 6.92. The highest BCUT2D eigenvalue weighted by Crippen LogP contribution is 2.09. The molecule has 0 aromatic carbocycles. The van der Waals surface area contributed by atoms with E-state index in [1.54, 1.807) is 0 Å². The molecule has 0 radical (unpaired) electrons. The molecule has 1 fully saturated rings. The lowest BCUT2D eigenvalue weighted by Gasteiger charge is -2.33. The van der Waals surface area contributed by atoms with Gasteiger partial charge in [0.25, 0.3) is 0 Å². The summed E-state index contributed by atoms with van der Waals surface area (Å²) in [6.45, 7) is 7.16. The molecule has 19 heavy (non-hydrogen) atoms. The number of rotatable bonds is 4. The van der Waals surface area contributed by atoms with Crippen molar-refractivity contribution in [2.24, 2.45) is 5.73 Å². The summed E-state index contributed by atoms with van der Waals surface area (Å²) in [5.74, 6) is 0. The zero-order chi connectivity index (χ0) is 13.1. The van der Waals surface area contributed by atoms with Gasteiger partial charge in [0, 0.05) is 58.2 Å². The SMILES string of the molecule is NCCN1CCN(Cc2cn3ccccc3n2)CC1. The second-order valence-electron chi connectivity index (χ2n) is 5.10. The Morgan fingerprint density at radius 1 is 1.11 bits per heavy atom. The monoisotopic (exact) mass is 259 g/mol. The third-order valence-corrected chi connectivity index (χ3v) is 3.71. The molecule has 1 aliphatic heterocycles. The first-order chi connectivity index (χ1) is 9.35. The molecule has 1 saturated heterocycles. The summed E-state index contributed by atoms with van der Waals surface area (Å²) in [7, 11) is 0. The number of hydrogen-bond donors (Lipinski definition) is 1. The van der Waals surface area contributed by atoms with Gasteiger partial charge in [-0.05, 0) is 12.1 Å². The van der Waals surface area contributed by atoms with Crippen LogP contribution in [0, 0.1) is 0 Å². The second kappa shape index (κ2) is 5.69. The van der Waals surface area contributed by atoms with Crippen LogP contribution in [0.3, 0.4) is 0 Å². The Hall–Kier alpha value is -1.43. The van der Waals surface area contributed by atoms with Crippen LogP contribution in [0.15, 0.2) is 30.6 Å². The summed E-state index contributed by atoms with van der Waals surface area (Å²) < 4.78 is 2.08. The van der Waals surface area contributed by atoms with Gasteiger partial charge in [-0.25, -0.2) is 4.98 Å². The molecule has 5 heteroatoms. The van der Waals surface area contributed by atoms with E-state index in [1.807, 2.05) is 24.4 Å². The molecule has 3 heterocycles. The highest BCUT2D eigenvalue weighted by molar-refractivity contribution is 5.39. The van der Waals surface area contributed by atoms with Gasteiger partial charge in [0.2, 0.25) is 0 Å². The van der Waals surface area contributed by atoms with Crippen LogP contribution in [0.1, 0.15) is 5.69 Å². The average Bonchev–Trinajstić information content (AvgIpc) is 2.83. The summed E-state index contributed by atoms with van der Waals surface area (Å²) in [4.78, 5) is 9.55. The predicted molar refractivity (Wildman–Crippen MR) is 76.0 cm³/mol. The lowest BCUT2D eigenvalue weighted by atomic mass is 10.3. The fourth-order valence-electron chi connectivity index (χ4n) is 2.65. The molecule has 0 spiro atoms. The van der Waals surface area contributed by atoms with Gasteiger partial charge in [-0.15, -0.1) is 0 Å². The van der Waals surface area contributed by atoms with Gasteiger partial charge in [-0.2, -0.15) is 0 Å². The Kier molecular flexibility index (Phi) is 3.77. The number of pyridine rings is 1. The van der Waals surface area contributed by atoms with E-state index in [9.17, 15) is 0 Å². The zero-order valence-electron chi connectivity index (χ0n) is 11.2. The largest absolute Gasteiger partial charge is 0.329 e. The third-order valence-electron chi connectivity index (χ3n) is 3.71. The summed E-state index contributed by atoms with van der Waals surface area (Å²) in [6, 6.07) is 6.10. The summed E-state index contributed by atoms with van der Waals surface area (Å²) in [5.41, 5.74) is 7.77. The van der Waals surface area contributed by atoms with E-state index in [0.29, 0.717) is 0 Å². The van der Waals surface area contributed by atoms with E-state index in [4.69, 9.17) is 5.73 Å². The molecule has 2 aromatic heterocycles. The molecule has 2 N–H and O–H groups in total. The third kappa shape index (κ3) is 2.94. The van der Waals surface area contributed by atoms with Crippen molar-refractivity contribution < 1.29 is 0 Å². The van der Waals surface area contributed by atoms with Crippen LogP contribution < -0.4 is 5.73 Å². The number of piperazine rings is 1. The smallest absolute Gasteiger partial charge is 0.137 e. The van der Waals surface area contributed by atoms with Crippen LogP contribution in [-0.2, 0) is 6.54 Å². The van der Waals surface area contributed by atoms with E-state index >= 15 is 0 Å². The van der Waals surface area contributed by atoms with Gasteiger partial charge >= 0.3 is 0 Å². The van der Waals surface area contributed by atoms with Crippen LogP contribution >= 0.6 is 0 Å². The number of imidazole rings is 1. The summed E-state index contributed by atoms with van der Waals surface area (Å²) in [5, 5.41) is 0. The van der Waals surface area contributed by atoms with Gasteiger partial charge in [-0.3, -0.25) is 9.80 Å². The number of nitrogens with two attached hydrogens (primary N) is 1. The average molecular weight is 259 g/mol. The fourth-order valence-corrected chi connectivity index (χ4v) is 2.65. The molecule has 0 unspecified atom stereocenters. The van der Waals surface area contributed by atoms with Gasteiger partial charge in [-0.1, -0.05) is 6.07 Å². The quantitative estimate of drug-likeness (QED) is 0.864. The highest BCUT2D eigenvalue weighted by Gasteiger charge is 2.17. The maximum atomic E-state index is 5.59. The van der Waals surface area contributed by atoms with Gasteiger partial charge < -0.3 is 10.1 Å². The van der Waals surface area contributed by atoms with Crippen LogP contribution in [0.4, 0.5) is 0 Å². The molecule has 0 bridgehead atoms. The molecule has 102 valence electrons. The fraction of sp³-hybridized carbons (Fsp3) is 0.500. The molecule has 0 amide bonds. The number of nitrogens with zero attached hydrogens (tertiary/aromatic N) is 4. The van der Waals surface area contributed by atoms with Gasteiger partial charge in [0.1, 0.15) is 5.65 Å². The van der Waals surface area contributed by atoms with Crippen molar-refractivity contribution in [3.05, 3.63) is 36.3 Å². The second-order valence-corrected chi connectivity index (χ2v) is 5.10. The lowest BCUT2D eigenvalue weighted by molar-refractivity contribution is 0.129. The molecule has 1 aliphatic rings. The zero-order valence-corrected chi connectivity index (χ0v) is 11.2. The Bertz CT molecular complexity index is 494. The first kappa shape index (κ1) is 12.6. The standard InChI is InChI=1S/C14H21N5/c15-4-6-17-7-9-18(10-8-17)11-13-12-19-5-2-1-3-14(19)16-13/h1-3,5,12H,4,6-11,15H2. The highest BCUT2D eigenvalue weighted by atomic mass is 15.3. The van der Waals surface area contributed by atoms with Crippen molar-refractivity contribution >= 4 is 5.65 Å². The minimum absolute atomic E-state index is 0.756. The summed E-state index contributed by atoms with van der Waals surface area (Å²) >= 11 is 0. The van der Waals surface area contributed by atoms with Crippen LogP contribution in [0.5, 0.6) is 0 Å². The van der Waals surface area contributed by atoms with E-state index in [-0.39, 0.29) is 0 Å². The molecule has 0 atom stereocenters. The minimum atomic E-state index is 0.756. The van der Waals surface area contributed by atoms with Crippen LogP contribution in [-0.4, -0.2) is 58.5 Å². The Balaban J connectivity index is 1.60. The first-order valence-electron chi connectivity index (χ1n) is 6.92. The molecular formula is C14H21N5. The van der Waals surface area contributed by atoms with Crippen LogP contribution in [0.2, 0.25) is 0 Å². The van der Waals surface area contributed by atoms with Crippen molar-refractivity contribution in [1.29, 1.82) is 0 Å². The lowest BCUT2D eigenvalue weighted by Crippen LogP contribution is -2.47. The van der Waals surface area contributed by atoms with Gasteiger partial charge in [0.05, 0.1) is 5.69 Å². The predicted octanol–water partition coefficient (Wildman–Crippen LogP) is 0.411. The van der Waals surface area contributed by atoms with Crippen molar-refractivity contribution in [2.75, 3.05) is 39.3 Å². The molecular weight excluding hydrogens is 238 g/mol. The van der Waals surface area contributed by atoms with E-state index in [0.717, 1.165) is 57.2 Å². The van der Waals surface area contributed by atoms with Crippen molar-refractivity contribution in [3.8, 4) is 0 Å². The van der Waals surface area contributed by atoms with Crippen LogP contribution in [0.25, 0.3) is 5.65 Å². The van der Waals surface area contributed by atoms with E-state index < -0.39 is 0 Å².